The normalized spacial score (nSPS) is 14.0. The van der Waals surface area contributed by atoms with Crippen molar-refractivity contribution in [2.75, 3.05) is 36.0 Å². The van der Waals surface area contributed by atoms with Gasteiger partial charge >= 0.3 is 0 Å². The maximum Gasteiger partial charge on any atom is 0.271 e. The number of anilines is 2. The Kier molecular flexibility index (Phi) is 5.37. The van der Waals surface area contributed by atoms with Gasteiger partial charge in [0.05, 0.1) is 12.4 Å². The van der Waals surface area contributed by atoms with Crippen LogP contribution in [0.2, 0.25) is 0 Å². The molecule has 0 unspecified atom stereocenters. The zero-order valence-corrected chi connectivity index (χ0v) is 15.4. The maximum absolute atomic E-state index is 12.2. The molecular formula is C20H21N7O. The summed E-state index contributed by atoms with van der Waals surface area (Å²) >= 11 is 0. The molecule has 0 aromatic carbocycles. The number of amides is 1. The molecule has 3 aromatic heterocycles. The Labute approximate surface area is 163 Å². The van der Waals surface area contributed by atoms with Crippen molar-refractivity contribution >= 4 is 17.5 Å². The molecule has 1 saturated heterocycles. The molecule has 8 heteroatoms. The van der Waals surface area contributed by atoms with Crippen molar-refractivity contribution in [3.63, 3.8) is 0 Å². The molecule has 8 nitrogen and oxygen atoms in total. The Hall–Kier alpha value is -3.55. The summed E-state index contributed by atoms with van der Waals surface area (Å²) in [4.78, 5) is 33.8. The van der Waals surface area contributed by atoms with E-state index in [1.54, 1.807) is 18.6 Å². The van der Waals surface area contributed by atoms with Crippen LogP contribution in [0.25, 0.3) is 0 Å². The van der Waals surface area contributed by atoms with Crippen LogP contribution in [0.3, 0.4) is 0 Å². The zero-order valence-electron chi connectivity index (χ0n) is 15.4. The minimum atomic E-state index is -0.247. The fourth-order valence-corrected chi connectivity index (χ4v) is 3.08. The van der Waals surface area contributed by atoms with Gasteiger partial charge in [-0.25, -0.2) is 15.0 Å². The topological polar surface area (TPSA) is 87.1 Å². The van der Waals surface area contributed by atoms with Crippen molar-refractivity contribution < 1.29 is 4.79 Å². The molecule has 1 N–H and O–H groups in total. The molecular weight excluding hydrogens is 354 g/mol. The van der Waals surface area contributed by atoms with E-state index in [1.807, 2.05) is 36.5 Å². The lowest BCUT2D eigenvalue weighted by atomic mass is 10.3. The first-order chi connectivity index (χ1) is 13.8. The smallest absolute Gasteiger partial charge is 0.271 e. The second-order valence-electron chi connectivity index (χ2n) is 6.47. The minimum absolute atomic E-state index is 0.247. The van der Waals surface area contributed by atoms with E-state index in [0.717, 1.165) is 43.4 Å². The second-order valence-corrected chi connectivity index (χ2v) is 6.47. The summed E-state index contributed by atoms with van der Waals surface area (Å²) in [5.74, 6) is 1.53. The number of hydrogen-bond acceptors (Lipinski definition) is 7. The van der Waals surface area contributed by atoms with Gasteiger partial charge in [0.25, 0.3) is 5.91 Å². The molecule has 0 atom stereocenters. The van der Waals surface area contributed by atoms with E-state index in [-0.39, 0.29) is 5.91 Å². The molecule has 3 aromatic rings. The molecule has 0 aliphatic carbocycles. The summed E-state index contributed by atoms with van der Waals surface area (Å²) in [7, 11) is 0. The predicted molar refractivity (Wildman–Crippen MR) is 106 cm³/mol. The molecule has 4 rings (SSSR count). The summed E-state index contributed by atoms with van der Waals surface area (Å²) in [6, 6.07) is 9.69. The highest BCUT2D eigenvalue weighted by Crippen LogP contribution is 2.16. The van der Waals surface area contributed by atoms with E-state index >= 15 is 0 Å². The van der Waals surface area contributed by atoms with Crippen molar-refractivity contribution in [2.24, 2.45) is 0 Å². The molecule has 1 amide bonds. The van der Waals surface area contributed by atoms with Gasteiger partial charge in [-0.3, -0.25) is 9.78 Å². The number of piperazine rings is 1. The average Bonchev–Trinajstić information content (AvgIpc) is 2.79. The maximum atomic E-state index is 12.2. The third kappa shape index (κ3) is 4.22. The van der Waals surface area contributed by atoms with E-state index in [0.29, 0.717) is 12.2 Å². The van der Waals surface area contributed by atoms with E-state index in [2.05, 4.69) is 35.1 Å². The van der Waals surface area contributed by atoms with Gasteiger partial charge < -0.3 is 15.1 Å². The second kappa shape index (κ2) is 8.43. The number of aromatic nitrogens is 4. The van der Waals surface area contributed by atoms with Crippen LogP contribution in [0.4, 0.5) is 11.6 Å². The lowest BCUT2D eigenvalue weighted by Crippen LogP contribution is -2.47. The van der Waals surface area contributed by atoms with Crippen LogP contribution in [-0.4, -0.2) is 52.0 Å². The number of pyridine rings is 2. The molecule has 0 bridgehead atoms. The van der Waals surface area contributed by atoms with Crippen LogP contribution in [0.15, 0.2) is 61.3 Å². The monoisotopic (exact) mass is 375 g/mol. The summed E-state index contributed by atoms with van der Waals surface area (Å²) < 4.78 is 0. The molecule has 142 valence electrons. The SMILES string of the molecule is O=C(NCc1cccnc1)c1cnc(N2CCN(c3ccccn3)CC2)cn1. The first-order valence-electron chi connectivity index (χ1n) is 9.20. The fraction of sp³-hybridized carbons (Fsp3) is 0.250. The summed E-state index contributed by atoms with van der Waals surface area (Å²) in [6.45, 7) is 3.80. The number of nitrogens with zero attached hydrogens (tertiary/aromatic N) is 6. The third-order valence-electron chi connectivity index (χ3n) is 4.62. The van der Waals surface area contributed by atoms with Crippen LogP contribution in [-0.2, 0) is 6.54 Å². The standard InChI is InChI=1S/C20H21N7O/c28-20(25-13-16-4-3-6-21-12-16)17-14-24-19(15-23-17)27-10-8-26(9-11-27)18-5-1-2-7-22-18/h1-7,12,14-15H,8-11,13H2,(H,25,28). The average molecular weight is 375 g/mol. The van der Waals surface area contributed by atoms with Crippen LogP contribution in [0.1, 0.15) is 16.1 Å². The summed E-state index contributed by atoms with van der Waals surface area (Å²) in [5, 5.41) is 2.83. The van der Waals surface area contributed by atoms with Crippen molar-refractivity contribution in [3.8, 4) is 0 Å². The number of carbonyl (C=O) groups excluding carboxylic acids is 1. The van der Waals surface area contributed by atoms with Crippen LogP contribution >= 0.6 is 0 Å². The van der Waals surface area contributed by atoms with Gasteiger partial charge in [-0.1, -0.05) is 12.1 Å². The van der Waals surface area contributed by atoms with Gasteiger partial charge in [0, 0.05) is 51.3 Å². The minimum Gasteiger partial charge on any atom is -0.353 e. The highest BCUT2D eigenvalue weighted by molar-refractivity contribution is 5.91. The van der Waals surface area contributed by atoms with Gasteiger partial charge in [0.15, 0.2) is 0 Å². The molecule has 28 heavy (non-hydrogen) atoms. The first kappa shape index (κ1) is 17.8. The van der Waals surface area contributed by atoms with Gasteiger partial charge in [-0.2, -0.15) is 0 Å². The Bertz CT molecular complexity index is 895. The Morgan fingerprint density at radius 1 is 0.857 bits per heavy atom. The number of hydrogen-bond donors (Lipinski definition) is 1. The van der Waals surface area contributed by atoms with Gasteiger partial charge in [-0.15, -0.1) is 0 Å². The van der Waals surface area contributed by atoms with Crippen molar-refractivity contribution in [2.45, 2.75) is 6.54 Å². The predicted octanol–water partition coefficient (Wildman–Crippen LogP) is 1.52. The summed E-state index contributed by atoms with van der Waals surface area (Å²) in [5.41, 5.74) is 1.24. The lowest BCUT2D eigenvalue weighted by molar-refractivity contribution is 0.0945. The fourth-order valence-electron chi connectivity index (χ4n) is 3.08. The van der Waals surface area contributed by atoms with Crippen LogP contribution in [0, 0.1) is 0 Å². The Morgan fingerprint density at radius 3 is 2.32 bits per heavy atom. The molecule has 4 heterocycles. The number of nitrogens with one attached hydrogen (secondary N) is 1. The molecule has 1 fully saturated rings. The first-order valence-corrected chi connectivity index (χ1v) is 9.20. The largest absolute Gasteiger partial charge is 0.353 e. The van der Waals surface area contributed by atoms with E-state index in [4.69, 9.17) is 0 Å². The Balaban J connectivity index is 1.31. The summed E-state index contributed by atoms with van der Waals surface area (Å²) in [6.07, 6.45) is 8.42. The van der Waals surface area contributed by atoms with Gasteiger partial charge in [0.1, 0.15) is 17.3 Å². The van der Waals surface area contributed by atoms with Gasteiger partial charge in [-0.05, 0) is 23.8 Å². The quantitative estimate of drug-likeness (QED) is 0.723. The van der Waals surface area contributed by atoms with Gasteiger partial charge in [0.2, 0.25) is 0 Å². The third-order valence-corrected chi connectivity index (χ3v) is 4.62. The number of rotatable bonds is 5. The molecule has 1 aliphatic heterocycles. The zero-order chi connectivity index (χ0) is 19.2. The van der Waals surface area contributed by atoms with E-state index in [9.17, 15) is 4.79 Å². The highest BCUT2D eigenvalue weighted by Gasteiger charge is 2.19. The van der Waals surface area contributed by atoms with Crippen molar-refractivity contribution in [1.82, 2.24) is 25.3 Å². The molecule has 0 saturated carbocycles. The highest BCUT2D eigenvalue weighted by atomic mass is 16.1. The molecule has 1 aliphatic rings. The molecule has 0 radical (unpaired) electrons. The Morgan fingerprint density at radius 2 is 1.68 bits per heavy atom. The van der Waals surface area contributed by atoms with Crippen LogP contribution in [0.5, 0.6) is 0 Å². The van der Waals surface area contributed by atoms with Crippen LogP contribution < -0.4 is 15.1 Å². The van der Waals surface area contributed by atoms with E-state index in [1.165, 1.54) is 6.20 Å². The number of carbonyl (C=O) groups is 1. The lowest BCUT2D eigenvalue weighted by Gasteiger charge is -2.35. The molecule has 0 spiro atoms. The van der Waals surface area contributed by atoms with E-state index < -0.39 is 0 Å². The van der Waals surface area contributed by atoms with Crippen molar-refractivity contribution in [3.05, 3.63) is 72.6 Å². The van der Waals surface area contributed by atoms with Crippen molar-refractivity contribution in [1.29, 1.82) is 0 Å².